The molecular formula is C10H13ClN4S. The van der Waals surface area contributed by atoms with Gasteiger partial charge in [0, 0.05) is 11.3 Å². The van der Waals surface area contributed by atoms with Gasteiger partial charge in [-0.15, -0.1) is 28.0 Å². The normalized spacial score (nSPS) is 11.2. The van der Waals surface area contributed by atoms with Gasteiger partial charge < -0.3 is 0 Å². The molecule has 0 aliphatic carbocycles. The minimum absolute atomic E-state index is 0.397. The number of nitrogens with zero attached hydrogens (tertiary/aromatic N) is 4. The molecule has 86 valence electrons. The Morgan fingerprint density at radius 3 is 2.81 bits per heavy atom. The van der Waals surface area contributed by atoms with Crippen molar-refractivity contribution < 1.29 is 0 Å². The number of thiazole rings is 1. The summed E-state index contributed by atoms with van der Waals surface area (Å²) in [6, 6.07) is 0. The molecule has 16 heavy (non-hydrogen) atoms. The molecule has 2 rings (SSSR count). The second kappa shape index (κ2) is 4.93. The van der Waals surface area contributed by atoms with Gasteiger partial charge in [-0.05, 0) is 0 Å². The molecule has 0 N–H and O–H groups in total. The minimum Gasteiger partial charge on any atom is -0.246 e. The predicted octanol–water partition coefficient (Wildman–Crippen LogP) is 2.65. The van der Waals surface area contributed by atoms with Gasteiger partial charge in [0.25, 0.3) is 0 Å². The number of rotatable bonds is 4. The summed E-state index contributed by atoms with van der Waals surface area (Å²) in [6.07, 6.45) is 1.85. The maximum atomic E-state index is 5.66. The molecule has 0 bridgehead atoms. The second-order valence-corrected chi connectivity index (χ2v) is 5.03. The van der Waals surface area contributed by atoms with Crippen molar-refractivity contribution >= 4 is 22.9 Å². The van der Waals surface area contributed by atoms with Crippen LogP contribution in [0.3, 0.4) is 0 Å². The molecule has 0 saturated heterocycles. The lowest BCUT2D eigenvalue weighted by molar-refractivity contribution is 0.638. The van der Waals surface area contributed by atoms with Gasteiger partial charge >= 0.3 is 0 Å². The highest BCUT2D eigenvalue weighted by Gasteiger charge is 2.07. The summed E-state index contributed by atoms with van der Waals surface area (Å²) in [5.74, 6) is 0.877. The van der Waals surface area contributed by atoms with Gasteiger partial charge in [-0.3, -0.25) is 0 Å². The fraction of sp³-hybridized carbons (Fsp3) is 0.500. The number of hydrogen-bond donors (Lipinski definition) is 0. The number of hydrogen-bond acceptors (Lipinski definition) is 4. The number of alkyl halides is 1. The number of halogens is 1. The van der Waals surface area contributed by atoms with Crippen LogP contribution in [0.25, 0.3) is 0 Å². The lowest BCUT2D eigenvalue weighted by Gasteiger charge is -1.97. The maximum absolute atomic E-state index is 5.66. The van der Waals surface area contributed by atoms with Crippen molar-refractivity contribution in [1.82, 2.24) is 20.0 Å². The van der Waals surface area contributed by atoms with E-state index in [0.29, 0.717) is 18.3 Å². The molecule has 0 saturated carbocycles. The van der Waals surface area contributed by atoms with E-state index >= 15 is 0 Å². The first-order chi connectivity index (χ1) is 7.69. The quantitative estimate of drug-likeness (QED) is 0.790. The smallest absolute Gasteiger partial charge is 0.0974 e. The zero-order chi connectivity index (χ0) is 11.5. The van der Waals surface area contributed by atoms with Gasteiger partial charge in [0.05, 0.1) is 35.0 Å². The van der Waals surface area contributed by atoms with Crippen LogP contribution >= 0.6 is 22.9 Å². The van der Waals surface area contributed by atoms with Crippen molar-refractivity contribution in [3.63, 3.8) is 0 Å². The zero-order valence-electron chi connectivity index (χ0n) is 9.22. The van der Waals surface area contributed by atoms with Crippen LogP contribution in [0, 0.1) is 0 Å². The Morgan fingerprint density at radius 2 is 2.25 bits per heavy atom. The molecule has 0 aliphatic heterocycles. The Labute approximate surface area is 103 Å². The first kappa shape index (κ1) is 11.5. The molecule has 0 unspecified atom stereocenters. The van der Waals surface area contributed by atoms with Crippen molar-refractivity contribution in [3.8, 4) is 0 Å². The van der Waals surface area contributed by atoms with E-state index in [2.05, 4.69) is 34.5 Å². The fourth-order valence-electron chi connectivity index (χ4n) is 1.30. The van der Waals surface area contributed by atoms with Gasteiger partial charge in [0.2, 0.25) is 0 Å². The van der Waals surface area contributed by atoms with E-state index in [4.69, 9.17) is 11.6 Å². The molecule has 0 spiro atoms. The average Bonchev–Trinajstić information content (AvgIpc) is 2.87. The Hall–Kier alpha value is -0.940. The standard InChI is InChI=1S/C10H13ClN4S/c1-7(2)10-12-9(6-16-10)5-15-4-8(3-11)13-14-15/h4,6-7H,3,5H2,1-2H3. The minimum atomic E-state index is 0.397. The molecule has 6 heteroatoms. The van der Waals surface area contributed by atoms with Crippen LogP contribution in [0.15, 0.2) is 11.6 Å². The largest absolute Gasteiger partial charge is 0.246 e. The monoisotopic (exact) mass is 256 g/mol. The molecule has 2 aromatic heterocycles. The van der Waals surface area contributed by atoms with Crippen molar-refractivity contribution in [2.45, 2.75) is 32.2 Å². The summed E-state index contributed by atoms with van der Waals surface area (Å²) >= 11 is 7.35. The Balaban J connectivity index is 2.08. The Bertz CT molecular complexity index is 463. The Kier molecular flexibility index (Phi) is 3.56. The lowest BCUT2D eigenvalue weighted by atomic mass is 10.2. The van der Waals surface area contributed by atoms with Gasteiger partial charge in [-0.25, -0.2) is 9.67 Å². The molecule has 2 heterocycles. The molecule has 0 aliphatic rings. The van der Waals surface area contributed by atoms with Crippen molar-refractivity contribution in [2.75, 3.05) is 0 Å². The molecule has 0 amide bonds. The van der Waals surface area contributed by atoms with E-state index in [9.17, 15) is 0 Å². The maximum Gasteiger partial charge on any atom is 0.0974 e. The molecule has 0 aromatic carbocycles. The summed E-state index contributed by atoms with van der Waals surface area (Å²) in [5, 5.41) is 11.1. The molecular weight excluding hydrogens is 244 g/mol. The average molecular weight is 257 g/mol. The molecule has 4 nitrogen and oxygen atoms in total. The highest BCUT2D eigenvalue weighted by Crippen LogP contribution is 2.19. The summed E-state index contributed by atoms with van der Waals surface area (Å²) in [4.78, 5) is 4.54. The van der Waals surface area contributed by atoms with Crippen LogP contribution in [0.5, 0.6) is 0 Å². The summed E-state index contributed by atoms with van der Waals surface area (Å²) in [7, 11) is 0. The topological polar surface area (TPSA) is 43.6 Å². The van der Waals surface area contributed by atoms with E-state index in [1.165, 1.54) is 0 Å². The van der Waals surface area contributed by atoms with Crippen molar-refractivity contribution in [1.29, 1.82) is 0 Å². The van der Waals surface area contributed by atoms with Gasteiger partial charge in [-0.1, -0.05) is 19.1 Å². The molecule has 0 atom stereocenters. The van der Waals surface area contributed by atoms with Crippen LogP contribution in [0.2, 0.25) is 0 Å². The van der Waals surface area contributed by atoms with Crippen molar-refractivity contribution in [3.05, 3.63) is 28.0 Å². The highest BCUT2D eigenvalue weighted by molar-refractivity contribution is 7.09. The molecule has 0 fully saturated rings. The van der Waals surface area contributed by atoms with E-state index in [-0.39, 0.29) is 0 Å². The third kappa shape index (κ3) is 2.59. The van der Waals surface area contributed by atoms with E-state index in [1.807, 2.05) is 6.20 Å². The van der Waals surface area contributed by atoms with E-state index < -0.39 is 0 Å². The van der Waals surface area contributed by atoms with Crippen LogP contribution in [0.1, 0.15) is 36.2 Å². The van der Waals surface area contributed by atoms with Gasteiger partial charge in [0.1, 0.15) is 0 Å². The lowest BCUT2D eigenvalue weighted by Crippen LogP contribution is -2.01. The first-order valence-corrected chi connectivity index (χ1v) is 6.49. The first-order valence-electron chi connectivity index (χ1n) is 5.08. The van der Waals surface area contributed by atoms with Crippen LogP contribution in [-0.4, -0.2) is 20.0 Å². The highest BCUT2D eigenvalue weighted by atomic mass is 35.5. The summed E-state index contributed by atoms with van der Waals surface area (Å²) in [6.45, 7) is 4.94. The Morgan fingerprint density at radius 1 is 1.44 bits per heavy atom. The summed E-state index contributed by atoms with van der Waals surface area (Å²) < 4.78 is 1.76. The third-order valence-electron chi connectivity index (χ3n) is 2.11. The van der Waals surface area contributed by atoms with E-state index in [0.717, 1.165) is 16.4 Å². The van der Waals surface area contributed by atoms with Crippen molar-refractivity contribution in [2.24, 2.45) is 0 Å². The summed E-state index contributed by atoms with van der Waals surface area (Å²) in [5.41, 5.74) is 1.82. The van der Waals surface area contributed by atoms with Crippen LogP contribution in [-0.2, 0) is 12.4 Å². The second-order valence-electron chi connectivity index (χ2n) is 3.87. The number of aromatic nitrogens is 4. The molecule has 2 aromatic rings. The third-order valence-corrected chi connectivity index (χ3v) is 3.58. The van der Waals surface area contributed by atoms with Crippen LogP contribution < -0.4 is 0 Å². The van der Waals surface area contributed by atoms with Gasteiger partial charge in [-0.2, -0.15) is 0 Å². The zero-order valence-corrected chi connectivity index (χ0v) is 10.8. The van der Waals surface area contributed by atoms with Crippen LogP contribution in [0.4, 0.5) is 0 Å². The van der Waals surface area contributed by atoms with E-state index in [1.54, 1.807) is 16.0 Å². The predicted molar refractivity (Wildman–Crippen MR) is 64.9 cm³/mol. The van der Waals surface area contributed by atoms with Gasteiger partial charge in [0.15, 0.2) is 0 Å². The molecule has 0 radical (unpaired) electrons. The SMILES string of the molecule is CC(C)c1nc(Cn2cc(CCl)nn2)cs1. The fourth-order valence-corrected chi connectivity index (χ4v) is 2.25.